The van der Waals surface area contributed by atoms with Gasteiger partial charge in [0.2, 0.25) is 0 Å². The van der Waals surface area contributed by atoms with Gasteiger partial charge in [0.1, 0.15) is 5.65 Å². The first kappa shape index (κ1) is 11.5. The highest BCUT2D eigenvalue weighted by molar-refractivity contribution is 5.97. The number of fused-ring (bicyclic) bond motifs is 1. The third-order valence-corrected chi connectivity index (χ3v) is 3.07. The van der Waals surface area contributed by atoms with Gasteiger partial charge in [-0.25, -0.2) is 0 Å². The van der Waals surface area contributed by atoms with E-state index in [1.807, 2.05) is 30.3 Å². The Morgan fingerprint density at radius 1 is 1.11 bits per heavy atom. The highest BCUT2D eigenvalue weighted by atomic mass is 16.1. The molecule has 0 bridgehead atoms. The van der Waals surface area contributed by atoms with Crippen LogP contribution in [0.15, 0.2) is 53.3 Å². The number of carbonyl (C=O) groups excluding carboxylic acids is 1. The van der Waals surface area contributed by atoms with Gasteiger partial charge in [-0.1, -0.05) is 18.2 Å². The van der Waals surface area contributed by atoms with E-state index >= 15 is 0 Å². The van der Waals surface area contributed by atoms with E-state index in [1.165, 1.54) is 13.0 Å². The Morgan fingerprint density at radius 2 is 1.84 bits per heavy atom. The molecular weight excluding hydrogens is 240 g/mol. The van der Waals surface area contributed by atoms with Crippen LogP contribution in [0.5, 0.6) is 0 Å². The number of carbonyl (C=O) groups is 1. The van der Waals surface area contributed by atoms with Gasteiger partial charge in [0.25, 0.3) is 5.56 Å². The third kappa shape index (κ3) is 1.87. The Bertz CT molecular complexity index is 813. The largest absolute Gasteiger partial charge is 0.338 e. The molecule has 0 aliphatic carbocycles. The van der Waals surface area contributed by atoms with E-state index in [9.17, 15) is 9.59 Å². The highest BCUT2D eigenvalue weighted by Crippen LogP contribution is 2.17. The maximum absolute atomic E-state index is 12.1. The summed E-state index contributed by atoms with van der Waals surface area (Å²) in [7, 11) is 0. The maximum Gasteiger partial charge on any atom is 0.256 e. The van der Waals surface area contributed by atoms with Gasteiger partial charge in [0, 0.05) is 18.4 Å². The zero-order valence-corrected chi connectivity index (χ0v) is 10.4. The molecule has 0 unspecified atom stereocenters. The van der Waals surface area contributed by atoms with Crippen LogP contribution in [-0.2, 0) is 0 Å². The molecule has 1 N–H and O–H groups in total. The summed E-state index contributed by atoms with van der Waals surface area (Å²) in [4.78, 5) is 26.5. The molecule has 4 nitrogen and oxygen atoms in total. The van der Waals surface area contributed by atoms with Crippen LogP contribution in [0.25, 0.3) is 16.7 Å². The van der Waals surface area contributed by atoms with Crippen molar-refractivity contribution in [3.8, 4) is 5.69 Å². The van der Waals surface area contributed by atoms with Crippen molar-refractivity contribution in [1.82, 2.24) is 9.55 Å². The van der Waals surface area contributed by atoms with Crippen molar-refractivity contribution >= 4 is 16.8 Å². The number of H-pyrrole nitrogens is 1. The summed E-state index contributed by atoms with van der Waals surface area (Å²) in [6.07, 6.45) is 0. The number of nitrogens with zero attached hydrogens (tertiary/aromatic N) is 1. The molecule has 0 aliphatic heterocycles. The summed E-state index contributed by atoms with van der Waals surface area (Å²) in [6.45, 7) is 1.50. The Morgan fingerprint density at radius 3 is 2.53 bits per heavy atom. The van der Waals surface area contributed by atoms with Crippen LogP contribution in [0.3, 0.4) is 0 Å². The fourth-order valence-corrected chi connectivity index (χ4v) is 2.14. The average molecular weight is 252 g/mol. The number of Topliss-reactive ketones (excluding diaryl/α,β-unsaturated/α-hetero) is 1. The Hall–Kier alpha value is -2.62. The Labute approximate surface area is 109 Å². The molecule has 0 radical (unpaired) electrons. The highest BCUT2D eigenvalue weighted by Gasteiger charge is 2.10. The fraction of sp³-hybridized carbons (Fsp3) is 0.0667. The van der Waals surface area contributed by atoms with Gasteiger partial charge in [-0.2, -0.15) is 0 Å². The molecule has 0 fully saturated rings. The summed E-state index contributed by atoms with van der Waals surface area (Å²) in [5.41, 5.74) is 1.79. The quantitative estimate of drug-likeness (QED) is 0.712. The molecular formula is C15H12N2O2. The number of ketones is 1. The molecule has 0 atom stereocenters. The molecule has 2 heterocycles. The van der Waals surface area contributed by atoms with Crippen molar-refractivity contribution in [2.45, 2.75) is 6.92 Å². The second-order valence-electron chi connectivity index (χ2n) is 4.39. The lowest BCUT2D eigenvalue weighted by atomic mass is 10.2. The lowest BCUT2D eigenvalue weighted by molar-refractivity contribution is 0.101. The van der Waals surface area contributed by atoms with E-state index in [0.29, 0.717) is 11.3 Å². The summed E-state index contributed by atoms with van der Waals surface area (Å²) < 4.78 is 1.57. The fourth-order valence-electron chi connectivity index (χ4n) is 2.14. The number of pyridine rings is 1. The molecule has 19 heavy (non-hydrogen) atoms. The van der Waals surface area contributed by atoms with E-state index < -0.39 is 0 Å². The van der Waals surface area contributed by atoms with Crippen LogP contribution >= 0.6 is 0 Å². The summed E-state index contributed by atoms with van der Waals surface area (Å²) in [5, 5.41) is 0.841. The summed E-state index contributed by atoms with van der Waals surface area (Å²) in [5.74, 6) is -0.0525. The van der Waals surface area contributed by atoms with Crippen molar-refractivity contribution in [3.05, 3.63) is 64.6 Å². The minimum absolute atomic E-state index is 0.0525. The molecule has 94 valence electrons. The molecule has 1 aromatic carbocycles. The van der Waals surface area contributed by atoms with Gasteiger partial charge in [0.15, 0.2) is 5.78 Å². The van der Waals surface area contributed by atoms with Crippen LogP contribution in [-0.4, -0.2) is 15.3 Å². The van der Waals surface area contributed by atoms with Gasteiger partial charge in [-0.05, 0) is 24.3 Å². The number of aromatic amines is 1. The first-order valence-corrected chi connectivity index (χ1v) is 5.98. The van der Waals surface area contributed by atoms with Crippen LogP contribution in [0.4, 0.5) is 0 Å². The standard InChI is InChI=1S/C15H12N2O2/c1-10(18)13-9-11-7-8-14(19)17(15(11)16-13)12-5-3-2-4-6-12/h2-9,16H,1H3. The summed E-state index contributed by atoms with van der Waals surface area (Å²) >= 11 is 0. The second-order valence-corrected chi connectivity index (χ2v) is 4.39. The van der Waals surface area contributed by atoms with Crippen molar-refractivity contribution in [3.63, 3.8) is 0 Å². The Kier molecular flexibility index (Phi) is 2.56. The molecule has 2 aromatic heterocycles. The van der Waals surface area contributed by atoms with Gasteiger partial charge in [-0.15, -0.1) is 0 Å². The lowest BCUT2D eigenvalue weighted by Crippen LogP contribution is -2.17. The normalized spacial score (nSPS) is 10.8. The molecule has 0 saturated heterocycles. The summed E-state index contributed by atoms with van der Waals surface area (Å²) in [6, 6.07) is 14.3. The van der Waals surface area contributed by atoms with E-state index in [0.717, 1.165) is 11.1 Å². The average Bonchev–Trinajstić information content (AvgIpc) is 2.83. The number of aromatic nitrogens is 2. The minimum Gasteiger partial charge on any atom is -0.338 e. The zero-order chi connectivity index (χ0) is 13.4. The monoisotopic (exact) mass is 252 g/mol. The predicted molar refractivity (Wildman–Crippen MR) is 73.9 cm³/mol. The van der Waals surface area contributed by atoms with Crippen molar-refractivity contribution in [1.29, 1.82) is 0 Å². The number of benzene rings is 1. The minimum atomic E-state index is -0.129. The van der Waals surface area contributed by atoms with Crippen LogP contribution < -0.4 is 5.56 Å². The van der Waals surface area contributed by atoms with Crippen LogP contribution in [0.2, 0.25) is 0 Å². The molecule has 0 saturated carbocycles. The van der Waals surface area contributed by atoms with E-state index in [-0.39, 0.29) is 11.3 Å². The molecule has 0 amide bonds. The molecule has 3 aromatic rings. The first-order chi connectivity index (χ1) is 9.16. The van der Waals surface area contributed by atoms with Gasteiger partial charge in [0.05, 0.1) is 11.4 Å². The zero-order valence-electron chi connectivity index (χ0n) is 10.4. The number of nitrogens with one attached hydrogen (secondary N) is 1. The first-order valence-electron chi connectivity index (χ1n) is 5.98. The van der Waals surface area contributed by atoms with Gasteiger partial charge in [-0.3, -0.25) is 14.2 Å². The van der Waals surface area contributed by atoms with Gasteiger partial charge < -0.3 is 4.98 Å². The van der Waals surface area contributed by atoms with Crippen molar-refractivity contribution < 1.29 is 4.79 Å². The van der Waals surface area contributed by atoms with Gasteiger partial charge >= 0.3 is 0 Å². The molecule has 3 rings (SSSR count). The van der Waals surface area contributed by atoms with Crippen molar-refractivity contribution in [2.24, 2.45) is 0 Å². The van der Waals surface area contributed by atoms with Crippen molar-refractivity contribution in [2.75, 3.05) is 0 Å². The second kappa shape index (κ2) is 4.24. The molecule has 4 heteroatoms. The van der Waals surface area contributed by atoms with Crippen LogP contribution in [0, 0.1) is 0 Å². The maximum atomic E-state index is 12.1. The number of hydrogen-bond acceptors (Lipinski definition) is 2. The Balaban J connectivity index is 2.37. The predicted octanol–water partition coefficient (Wildman–Crippen LogP) is 2.52. The number of rotatable bonds is 2. The number of para-hydroxylation sites is 1. The SMILES string of the molecule is CC(=O)c1cc2ccc(=O)n(-c3ccccc3)c2[nH]1. The van der Waals surface area contributed by atoms with E-state index in [4.69, 9.17) is 0 Å². The van der Waals surface area contributed by atoms with Crippen LogP contribution in [0.1, 0.15) is 17.4 Å². The lowest BCUT2D eigenvalue weighted by Gasteiger charge is -2.06. The topological polar surface area (TPSA) is 54.9 Å². The number of hydrogen-bond donors (Lipinski definition) is 1. The molecule has 0 spiro atoms. The third-order valence-electron chi connectivity index (χ3n) is 3.07. The van der Waals surface area contributed by atoms with E-state index in [2.05, 4.69) is 4.98 Å². The smallest absolute Gasteiger partial charge is 0.256 e. The van der Waals surface area contributed by atoms with E-state index in [1.54, 1.807) is 16.7 Å². The molecule has 0 aliphatic rings.